The van der Waals surface area contributed by atoms with Crippen LogP contribution in [-0.4, -0.2) is 18.4 Å². The number of nitrogens with one attached hydrogen (secondary N) is 1. The Labute approximate surface area is 112 Å². The molecule has 0 bridgehead atoms. The molecule has 94 valence electrons. The molecule has 0 spiro atoms. The van der Waals surface area contributed by atoms with Crippen LogP contribution < -0.4 is 5.32 Å². The van der Waals surface area contributed by atoms with E-state index in [-0.39, 0.29) is 11.8 Å². The van der Waals surface area contributed by atoms with Crippen LogP contribution in [-0.2, 0) is 0 Å². The van der Waals surface area contributed by atoms with E-state index in [1.165, 1.54) is 12.8 Å². The molecule has 1 aromatic rings. The maximum Gasteiger partial charge on any atom is 0.179 e. The van der Waals surface area contributed by atoms with E-state index in [0.29, 0.717) is 0 Å². The number of unbranched alkanes of at least 4 members (excludes halogenated alkanes) is 2. The molecule has 0 heterocycles. The van der Waals surface area contributed by atoms with Crippen molar-refractivity contribution in [3.8, 4) is 0 Å². The summed E-state index contributed by atoms with van der Waals surface area (Å²) in [5, 5.41) is 3.27. The Bertz CT molecular complexity index is 348. The summed E-state index contributed by atoms with van der Waals surface area (Å²) in [6.07, 6.45) is 3.55. The third kappa shape index (κ3) is 5.00. The standard InChI is InChI=1S/C14H20BrNO/c1-3-4-5-10-16-11(2)14(17)12-6-8-13(15)9-7-12/h6-9,11,16H,3-5,10H2,1-2H3. The van der Waals surface area contributed by atoms with Crippen molar-refractivity contribution in [3.63, 3.8) is 0 Å². The predicted octanol–water partition coefficient (Wildman–Crippen LogP) is 3.80. The number of benzene rings is 1. The minimum Gasteiger partial charge on any atom is -0.307 e. The van der Waals surface area contributed by atoms with Gasteiger partial charge in [0.1, 0.15) is 0 Å². The second-order valence-corrected chi connectivity index (χ2v) is 5.17. The minimum atomic E-state index is -0.104. The second-order valence-electron chi connectivity index (χ2n) is 4.25. The normalized spacial score (nSPS) is 12.4. The fourth-order valence-corrected chi connectivity index (χ4v) is 1.91. The van der Waals surface area contributed by atoms with E-state index in [9.17, 15) is 4.79 Å². The second kappa shape index (κ2) is 7.62. The van der Waals surface area contributed by atoms with Gasteiger partial charge in [-0.05, 0) is 32.0 Å². The zero-order chi connectivity index (χ0) is 12.7. The van der Waals surface area contributed by atoms with Gasteiger partial charge in [-0.2, -0.15) is 0 Å². The van der Waals surface area contributed by atoms with Crippen LogP contribution in [0, 0.1) is 0 Å². The first kappa shape index (κ1) is 14.4. The first-order valence-corrected chi connectivity index (χ1v) is 6.97. The number of hydrogen-bond acceptors (Lipinski definition) is 2. The highest BCUT2D eigenvalue weighted by molar-refractivity contribution is 9.10. The Hall–Kier alpha value is -0.670. The SMILES string of the molecule is CCCCCNC(C)C(=O)c1ccc(Br)cc1. The van der Waals surface area contributed by atoms with Crippen LogP contribution in [0.25, 0.3) is 0 Å². The van der Waals surface area contributed by atoms with E-state index in [4.69, 9.17) is 0 Å². The van der Waals surface area contributed by atoms with Crippen LogP contribution in [0.4, 0.5) is 0 Å². The molecular weight excluding hydrogens is 278 g/mol. The number of ketones is 1. The zero-order valence-corrected chi connectivity index (χ0v) is 12.1. The topological polar surface area (TPSA) is 29.1 Å². The van der Waals surface area contributed by atoms with Gasteiger partial charge >= 0.3 is 0 Å². The number of carbonyl (C=O) groups excluding carboxylic acids is 1. The van der Waals surface area contributed by atoms with Crippen LogP contribution in [0.15, 0.2) is 28.7 Å². The first-order chi connectivity index (χ1) is 8.15. The van der Waals surface area contributed by atoms with Crippen LogP contribution in [0.3, 0.4) is 0 Å². The van der Waals surface area contributed by atoms with Crippen molar-refractivity contribution in [3.05, 3.63) is 34.3 Å². The molecule has 1 unspecified atom stereocenters. The van der Waals surface area contributed by atoms with Crippen LogP contribution in [0.2, 0.25) is 0 Å². The number of hydrogen-bond donors (Lipinski definition) is 1. The van der Waals surface area contributed by atoms with Crippen molar-refractivity contribution >= 4 is 21.7 Å². The van der Waals surface area contributed by atoms with Gasteiger partial charge in [0.15, 0.2) is 5.78 Å². The predicted molar refractivity (Wildman–Crippen MR) is 75.5 cm³/mol. The lowest BCUT2D eigenvalue weighted by Crippen LogP contribution is -2.34. The highest BCUT2D eigenvalue weighted by Gasteiger charge is 2.13. The highest BCUT2D eigenvalue weighted by Crippen LogP contribution is 2.12. The van der Waals surface area contributed by atoms with Crippen molar-refractivity contribution in [1.29, 1.82) is 0 Å². The van der Waals surface area contributed by atoms with Gasteiger partial charge < -0.3 is 5.32 Å². The van der Waals surface area contributed by atoms with E-state index in [1.54, 1.807) is 0 Å². The molecule has 17 heavy (non-hydrogen) atoms. The van der Waals surface area contributed by atoms with Gasteiger partial charge in [-0.15, -0.1) is 0 Å². The maximum atomic E-state index is 12.0. The molecule has 0 aliphatic heterocycles. The van der Waals surface area contributed by atoms with Crippen LogP contribution >= 0.6 is 15.9 Å². The van der Waals surface area contributed by atoms with Crippen molar-refractivity contribution in [2.24, 2.45) is 0 Å². The van der Waals surface area contributed by atoms with Gasteiger partial charge in [0, 0.05) is 10.0 Å². The van der Waals surface area contributed by atoms with E-state index >= 15 is 0 Å². The molecule has 0 radical (unpaired) electrons. The third-order valence-electron chi connectivity index (χ3n) is 2.75. The Balaban J connectivity index is 2.43. The quantitative estimate of drug-likeness (QED) is 0.613. The molecule has 1 aromatic carbocycles. The van der Waals surface area contributed by atoms with E-state index in [1.807, 2.05) is 31.2 Å². The fraction of sp³-hybridized carbons (Fsp3) is 0.500. The zero-order valence-electron chi connectivity index (χ0n) is 10.5. The molecule has 1 atom stereocenters. The summed E-state index contributed by atoms with van der Waals surface area (Å²) in [6.45, 7) is 5.02. The van der Waals surface area contributed by atoms with Crippen molar-refractivity contribution in [2.75, 3.05) is 6.54 Å². The summed E-state index contributed by atoms with van der Waals surface area (Å²) < 4.78 is 0.998. The average Bonchev–Trinajstić information content (AvgIpc) is 2.34. The minimum absolute atomic E-state index is 0.104. The van der Waals surface area contributed by atoms with Gasteiger partial charge in [-0.3, -0.25) is 4.79 Å². The average molecular weight is 298 g/mol. The molecule has 1 N–H and O–H groups in total. The molecule has 0 aromatic heterocycles. The van der Waals surface area contributed by atoms with Gasteiger partial charge in [0.25, 0.3) is 0 Å². The van der Waals surface area contributed by atoms with E-state index in [0.717, 1.165) is 23.0 Å². The van der Waals surface area contributed by atoms with Crippen molar-refractivity contribution < 1.29 is 4.79 Å². The lowest BCUT2D eigenvalue weighted by molar-refractivity contribution is 0.0951. The largest absolute Gasteiger partial charge is 0.307 e. The summed E-state index contributed by atoms with van der Waals surface area (Å²) >= 11 is 3.36. The Morgan fingerprint density at radius 2 is 1.94 bits per heavy atom. The van der Waals surface area contributed by atoms with Gasteiger partial charge in [-0.1, -0.05) is 47.8 Å². The molecule has 0 saturated heterocycles. The van der Waals surface area contributed by atoms with E-state index in [2.05, 4.69) is 28.2 Å². The molecular formula is C14H20BrNO. The van der Waals surface area contributed by atoms with Crippen LogP contribution in [0.5, 0.6) is 0 Å². The van der Waals surface area contributed by atoms with Gasteiger partial charge in [0.2, 0.25) is 0 Å². The summed E-state index contributed by atoms with van der Waals surface area (Å²) in [5.41, 5.74) is 0.767. The lowest BCUT2D eigenvalue weighted by atomic mass is 10.1. The number of halogens is 1. The summed E-state index contributed by atoms with van der Waals surface area (Å²) in [6, 6.07) is 7.41. The fourth-order valence-electron chi connectivity index (χ4n) is 1.65. The summed E-state index contributed by atoms with van der Waals surface area (Å²) in [5.74, 6) is 0.161. The van der Waals surface area contributed by atoms with Crippen molar-refractivity contribution in [2.45, 2.75) is 39.2 Å². The third-order valence-corrected chi connectivity index (χ3v) is 3.28. The molecule has 0 saturated carbocycles. The van der Waals surface area contributed by atoms with Gasteiger partial charge in [-0.25, -0.2) is 0 Å². The smallest absolute Gasteiger partial charge is 0.179 e. The molecule has 1 rings (SSSR count). The Morgan fingerprint density at radius 3 is 2.53 bits per heavy atom. The highest BCUT2D eigenvalue weighted by atomic mass is 79.9. The Morgan fingerprint density at radius 1 is 1.29 bits per heavy atom. The molecule has 0 amide bonds. The van der Waals surface area contributed by atoms with Crippen LogP contribution in [0.1, 0.15) is 43.5 Å². The molecule has 3 heteroatoms. The number of rotatable bonds is 7. The molecule has 0 fully saturated rings. The first-order valence-electron chi connectivity index (χ1n) is 6.18. The van der Waals surface area contributed by atoms with Crippen molar-refractivity contribution in [1.82, 2.24) is 5.32 Å². The monoisotopic (exact) mass is 297 g/mol. The molecule has 2 nitrogen and oxygen atoms in total. The van der Waals surface area contributed by atoms with E-state index < -0.39 is 0 Å². The maximum absolute atomic E-state index is 12.0. The van der Waals surface area contributed by atoms with Gasteiger partial charge in [0.05, 0.1) is 6.04 Å². The Kier molecular flexibility index (Phi) is 6.45. The lowest BCUT2D eigenvalue weighted by Gasteiger charge is -2.12. The number of Topliss-reactive ketones (excluding diaryl/α,β-unsaturated/α-hetero) is 1. The number of carbonyl (C=O) groups is 1. The summed E-state index contributed by atoms with van der Waals surface area (Å²) in [4.78, 5) is 12.0. The summed E-state index contributed by atoms with van der Waals surface area (Å²) in [7, 11) is 0. The molecule has 0 aliphatic rings. The molecule has 0 aliphatic carbocycles.